The second-order valence-electron chi connectivity index (χ2n) is 7.42. The van der Waals surface area contributed by atoms with Gasteiger partial charge in [0.1, 0.15) is 0 Å². The summed E-state index contributed by atoms with van der Waals surface area (Å²) >= 11 is 0. The number of amides is 2. The van der Waals surface area contributed by atoms with Crippen LogP contribution in [0.1, 0.15) is 47.3 Å². The normalized spacial score (nSPS) is 13.5. The van der Waals surface area contributed by atoms with Gasteiger partial charge in [-0.2, -0.15) is 0 Å². The highest BCUT2D eigenvalue weighted by molar-refractivity contribution is 6.05. The number of carbonyl (C=O) groups is 2. The highest BCUT2D eigenvalue weighted by Gasteiger charge is 2.24. The Morgan fingerprint density at radius 3 is 2.38 bits per heavy atom. The minimum absolute atomic E-state index is 0.0468. The molecule has 26 heavy (non-hydrogen) atoms. The Hall–Kier alpha value is -2.62. The Bertz CT molecular complexity index is 835. The maximum atomic E-state index is 12.6. The van der Waals surface area contributed by atoms with Crippen molar-refractivity contribution < 1.29 is 9.59 Å². The second kappa shape index (κ2) is 7.32. The lowest BCUT2D eigenvalue weighted by atomic mass is 9.99. The van der Waals surface area contributed by atoms with E-state index in [1.54, 1.807) is 0 Å². The average Bonchev–Trinajstić information content (AvgIpc) is 2.59. The van der Waals surface area contributed by atoms with E-state index in [0.717, 1.165) is 47.5 Å². The smallest absolute Gasteiger partial charge is 0.255 e. The van der Waals surface area contributed by atoms with E-state index >= 15 is 0 Å². The minimum Gasteiger partial charge on any atom is -0.322 e. The SMILES string of the molecule is Cc1cc(C)cc(C(=O)Nc2ccc3c(c2)N(C(=O)C(C)C)CCC3)c1. The first-order valence-corrected chi connectivity index (χ1v) is 9.19. The van der Waals surface area contributed by atoms with Crippen molar-refractivity contribution >= 4 is 23.2 Å². The summed E-state index contributed by atoms with van der Waals surface area (Å²) in [6.45, 7) is 8.54. The number of anilines is 2. The molecule has 4 nitrogen and oxygen atoms in total. The first-order valence-electron chi connectivity index (χ1n) is 9.19. The summed E-state index contributed by atoms with van der Waals surface area (Å²) in [5.74, 6) is -0.0486. The summed E-state index contributed by atoms with van der Waals surface area (Å²) in [5, 5.41) is 2.97. The zero-order chi connectivity index (χ0) is 18.8. The average molecular weight is 350 g/mol. The molecule has 0 aliphatic carbocycles. The van der Waals surface area contributed by atoms with Gasteiger partial charge >= 0.3 is 0 Å². The molecule has 2 aromatic rings. The molecule has 0 saturated carbocycles. The van der Waals surface area contributed by atoms with Crippen LogP contribution in [0.2, 0.25) is 0 Å². The van der Waals surface area contributed by atoms with Crippen LogP contribution in [0, 0.1) is 19.8 Å². The number of nitrogens with one attached hydrogen (secondary N) is 1. The van der Waals surface area contributed by atoms with Gasteiger partial charge < -0.3 is 10.2 Å². The van der Waals surface area contributed by atoms with E-state index in [1.807, 2.05) is 69.0 Å². The van der Waals surface area contributed by atoms with E-state index in [2.05, 4.69) is 5.32 Å². The van der Waals surface area contributed by atoms with Gasteiger partial charge in [-0.3, -0.25) is 9.59 Å². The van der Waals surface area contributed by atoms with Gasteiger partial charge in [0.15, 0.2) is 0 Å². The van der Waals surface area contributed by atoms with Gasteiger partial charge in [0, 0.05) is 29.4 Å². The fraction of sp³-hybridized carbons (Fsp3) is 0.364. The molecule has 0 aromatic heterocycles. The van der Waals surface area contributed by atoms with Gasteiger partial charge in [-0.25, -0.2) is 0 Å². The quantitative estimate of drug-likeness (QED) is 0.886. The fourth-order valence-electron chi connectivity index (χ4n) is 3.50. The molecule has 4 heteroatoms. The van der Waals surface area contributed by atoms with Gasteiger partial charge in [-0.05, 0) is 56.5 Å². The van der Waals surface area contributed by atoms with Gasteiger partial charge in [0.05, 0.1) is 0 Å². The van der Waals surface area contributed by atoms with Crippen molar-refractivity contribution in [3.63, 3.8) is 0 Å². The van der Waals surface area contributed by atoms with Crippen LogP contribution in [0.4, 0.5) is 11.4 Å². The number of hydrogen-bond acceptors (Lipinski definition) is 2. The van der Waals surface area contributed by atoms with E-state index in [9.17, 15) is 9.59 Å². The van der Waals surface area contributed by atoms with Crippen LogP contribution in [0.5, 0.6) is 0 Å². The highest BCUT2D eigenvalue weighted by Crippen LogP contribution is 2.31. The predicted molar refractivity (Wildman–Crippen MR) is 106 cm³/mol. The summed E-state index contributed by atoms with van der Waals surface area (Å²) in [5.41, 5.74) is 5.58. The Morgan fingerprint density at radius 2 is 1.73 bits per heavy atom. The Kier molecular flexibility index (Phi) is 5.12. The first kappa shape index (κ1) is 18.2. The van der Waals surface area contributed by atoms with Crippen LogP contribution >= 0.6 is 0 Å². The molecule has 0 saturated heterocycles. The van der Waals surface area contributed by atoms with Crippen LogP contribution < -0.4 is 10.2 Å². The van der Waals surface area contributed by atoms with Crippen LogP contribution in [0.25, 0.3) is 0 Å². The molecular weight excluding hydrogens is 324 g/mol. The largest absolute Gasteiger partial charge is 0.322 e. The highest BCUT2D eigenvalue weighted by atomic mass is 16.2. The van der Waals surface area contributed by atoms with Crippen LogP contribution in [-0.2, 0) is 11.2 Å². The monoisotopic (exact) mass is 350 g/mol. The third-order valence-electron chi connectivity index (χ3n) is 4.71. The maximum absolute atomic E-state index is 12.6. The van der Waals surface area contributed by atoms with Crippen molar-refractivity contribution in [2.24, 2.45) is 5.92 Å². The Morgan fingerprint density at radius 1 is 1.04 bits per heavy atom. The molecule has 1 aliphatic heterocycles. The summed E-state index contributed by atoms with van der Waals surface area (Å²) in [7, 11) is 0. The molecular formula is C22H26N2O2. The molecule has 2 amide bonds. The molecule has 0 fully saturated rings. The molecule has 136 valence electrons. The lowest BCUT2D eigenvalue weighted by Crippen LogP contribution is -2.38. The molecule has 0 atom stereocenters. The molecule has 1 aliphatic rings. The van der Waals surface area contributed by atoms with E-state index in [4.69, 9.17) is 0 Å². The third kappa shape index (κ3) is 3.79. The molecule has 2 aromatic carbocycles. The molecule has 0 bridgehead atoms. The number of fused-ring (bicyclic) bond motifs is 1. The van der Waals surface area contributed by atoms with Crippen LogP contribution in [0.3, 0.4) is 0 Å². The minimum atomic E-state index is -0.130. The third-order valence-corrected chi connectivity index (χ3v) is 4.71. The van der Waals surface area contributed by atoms with Crippen molar-refractivity contribution in [2.45, 2.75) is 40.5 Å². The van der Waals surface area contributed by atoms with Gasteiger partial charge in [0.2, 0.25) is 5.91 Å². The van der Waals surface area contributed by atoms with Crippen molar-refractivity contribution in [3.8, 4) is 0 Å². The van der Waals surface area contributed by atoms with Crippen molar-refractivity contribution in [3.05, 3.63) is 58.7 Å². The van der Waals surface area contributed by atoms with Gasteiger partial charge in [0.25, 0.3) is 5.91 Å². The van der Waals surface area contributed by atoms with E-state index in [-0.39, 0.29) is 17.7 Å². The summed E-state index contributed by atoms with van der Waals surface area (Å²) in [6, 6.07) is 11.7. The van der Waals surface area contributed by atoms with Crippen LogP contribution in [-0.4, -0.2) is 18.4 Å². The van der Waals surface area contributed by atoms with E-state index in [0.29, 0.717) is 5.56 Å². The number of aryl methyl sites for hydroxylation is 3. The van der Waals surface area contributed by atoms with Crippen molar-refractivity contribution in [2.75, 3.05) is 16.8 Å². The summed E-state index contributed by atoms with van der Waals surface area (Å²) in [4.78, 5) is 27.0. The number of benzene rings is 2. The molecule has 0 radical (unpaired) electrons. The van der Waals surface area contributed by atoms with Gasteiger partial charge in [-0.1, -0.05) is 37.1 Å². The van der Waals surface area contributed by atoms with E-state index < -0.39 is 0 Å². The fourth-order valence-corrected chi connectivity index (χ4v) is 3.50. The lowest BCUT2D eigenvalue weighted by molar-refractivity contribution is -0.121. The predicted octanol–water partition coefficient (Wildman–Crippen LogP) is 4.49. The Balaban J connectivity index is 1.87. The molecule has 1 heterocycles. The Labute approximate surface area is 155 Å². The number of nitrogens with zero attached hydrogens (tertiary/aromatic N) is 1. The maximum Gasteiger partial charge on any atom is 0.255 e. The standard InChI is InChI=1S/C22H26N2O2/c1-14(2)22(26)24-9-5-6-17-7-8-19(13-20(17)24)23-21(25)18-11-15(3)10-16(4)12-18/h7-8,10-14H,5-6,9H2,1-4H3,(H,23,25). The number of hydrogen-bond donors (Lipinski definition) is 1. The zero-order valence-electron chi connectivity index (χ0n) is 15.9. The van der Waals surface area contributed by atoms with Crippen molar-refractivity contribution in [1.29, 1.82) is 0 Å². The van der Waals surface area contributed by atoms with Crippen LogP contribution in [0.15, 0.2) is 36.4 Å². The number of rotatable bonds is 3. The lowest BCUT2D eigenvalue weighted by Gasteiger charge is -2.31. The molecule has 3 rings (SSSR count). The summed E-state index contributed by atoms with van der Waals surface area (Å²) < 4.78 is 0. The van der Waals surface area contributed by atoms with Crippen molar-refractivity contribution in [1.82, 2.24) is 0 Å². The molecule has 0 unspecified atom stereocenters. The zero-order valence-corrected chi connectivity index (χ0v) is 15.9. The first-order chi connectivity index (χ1) is 12.3. The van der Waals surface area contributed by atoms with E-state index in [1.165, 1.54) is 0 Å². The molecule has 0 spiro atoms. The number of carbonyl (C=O) groups excluding carboxylic acids is 2. The summed E-state index contributed by atoms with van der Waals surface area (Å²) in [6.07, 6.45) is 1.93. The second-order valence-corrected chi connectivity index (χ2v) is 7.42. The van der Waals surface area contributed by atoms with Gasteiger partial charge in [-0.15, -0.1) is 0 Å². The molecule has 1 N–H and O–H groups in total. The topological polar surface area (TPSA) is 49.4 Å².